The molecule has 0 amide bonds. The molecular formula is C12H24N2S. The maximum absolute atomic E-state index is 4.74. The zero-order valence-electron chi connectivity index (χ0n) is 10.6. The molecule has 3 heteroatoms. The minimum atomic E-state index is 0.220. The van der Waals surface area contributed by atoms with Crippen molar-refractivity contribution in [2.24, 2.45) is 10.9 Å². The normalized spacial score (nSPS) is 22.0. The van der Waals surface area contributed by atoms with Crippen LogP contribution in [0.1, 0.15) is 47.5 Å². The van der Waals surface area contributed by atoms with E-state index in [1.54, 1.807) is 0 Å². The average Bonchev–Trinajstić information content (AvgIpc) is 2.66. The molecule has 0 saturated heterocycles. The Morgan fingerprint density at radius 2 is 2.07 bits per heavy atom. The lowest BCUT2D eigenvalue weighted by atomic mass is 9.96. The second kappa shape index (κ2) is 5.24. The molecule has 0 spiro atoms. The molecule has 0 aromatic heterocycles. The van der Waals surface area contributed by atoms with Crippen molar-refractivity contribution in [2.75, 3.05) is 5.75 Å². The lowest BCUT2D eigenvalue weighted by molar-refractivity contribution is 0.390. The van der Waals surface area contributed by atoms with Gasteiger partial charge in [0.2, 0.25) is 0 Å². The van der Waals surface area contributed by atoms with E-state index in [4.69, 9.17) is 4.99 Å². The summed E-state index contributed by atoms with van der Waals surface area (Å²) in [7, 11) is 0. The van der Waals surface area contributed by atoms with Crippen molar-refractivity contribution in [1.82, 2.24) is 5.32 Å². The first-order chi connectivity index (χ1) is 7.00. The molecule has 0 saturated carbocycles. The van der Waals surface area contributed by atoms with Gasteiger partial charge in [-0.25, -0.2) is 0 Å². The van der Waals surface area contributed by atoms with Crippen molar-refractivity contribution < 1.29 is 0 Å². The fraction of sp³-hybridized carbons (Fsp3) is 0.917. The van der Waals surface area contributed by atoms with E-state index < -0.39 is 0 Å². The van der Waals surface area contributed by atoms with Gasteiger partial charge in [0.05, 0.1) is 6.04 Å². The number of aliphatic imine (C=N–C) groups is 1. The summed E-state index contributed by atoms with van der Waals surface area (Å²) in [6.45, 7) is 11.2. The monoisotopic (exact) mass is 228 g/mol. The minimum absolute atomic E-state index is 0.220. The van der Waals surface area contributed by atoms with Crippen LogP contribution in [0.4, 0.5) is 0 Å². The Morgan fingerprint density at radius 3 is 2.47 bits per heavy atom. The molecule has 0 fully saturated rings. The second-order valence-corrected chi connectivity index (χ2v) is 5.96. The summed E-state index contributed by atoms with van der Waals surface area (Å²) >= 11 is 1.88. The average molecular weight is 228 g/mol. The highest BCUT2D eigenvalue weighted by molar-refractivity contribution is 8.14. The Balaban J connectivity index is 2.56. The van der Waals surface area contributed by atoms with Gasteiger partial charge in [-0.3, -0.25) is 4.99 Å². The van der Waals surface area contributed by atoms with Crippen LogP contribution in [0, 0.1) is 5.92 Å². The van der Waals surface area contributed by atoms with Crippen molar-refractivity contribution in [3.8, 4) is 0 Å². The molecule has 0 aromatic carbocycles. The fourth-order valence-corrected chi connectivity index (χ4v) is 2.80. The SMILES string of the molecule is CCC(C)(CC)NC1=NC(C(C)C)CS1. The summed E-state index contributed by atoms with van der Waals surface area (Å²) in [6, 6.07) is 0.510. The number of rotatable bonds is 4. The van der Waals surface area contributed by atoms with E-state index in [1.807, 2.05) is 11.8 Å². The Morgan fingerprint density at radius 1 is 1.47 bits per heavy atom. The first kappa shape index (κ1) is 12.9. The summed E-state index contributed by atoms with van der Waals surface area (Å²) in [5.41, 5.74) is 0.220. The molecule has 0 aliphatic carbocycles. The predicted molar refractivity (Wildman–Crippen MR) is 70.6 cm³/mol. The van der Waals surface area contributed by atoms with E-state index in [-0.39, 0.29) is 5.54 Å². The number of hydrogen-bond donors (Lipinski definition) is 1. The van der Waals surface area contributed by atoms with Crippen LogP contribution in [-0.2, 0) is 0 Å². The smallest absolute Gasteiger partial charge is 0.157 e. The van der Waals surface area contributed by atoms with Gasteiger partial charge in [-0.2, -0.15) is 0 Å². The Labute approximate surface area is 98.3 Å². The van der Waals surface area contributed by atoms with Gasteiger partial charge in [0, 0.05) is 11.3 Å². The van der Waals surface area contributed by atoms with Crippen LogP contribution in [0.15, 0.2) is 4.99 Å². The third-order valence-corrected chi connectivity index (χ3v) is 4.40. The fourth-order valence-electron chi connectivity index (χ4n) is 1.48. The van der Waals surface area contributed by atoms with Gasteiger partial charge in [-0.1, -0.05) is 39.5 Å². The highest BCUT2D eigenvalue weighted by Crippen LogP contribution is 2.24. The summed E-state index contributed by atoms with van der Waals surface area (Å²) in [5, 5.41) is 4.74. The van der Waals surface area contributed by atoms with Crippen LogP contribution < -0.4 is 5.32 Å². The molecule has 2 nitrogen and oxygen atoms in total. The van der Waals surface area contributed by atoms with Gasteiger partial charge < -0.3 is 5.32 Å². The van der Waals surface area contributed by atoms with Crippen LogP contribution in [0.2, 0.25) is 0 Å². The standard InChI is InChI=1S/C12H24N2S/c1-6-12(5,7-2)14-11-13-10(8-15-11)9(3)4/h9-10H,6-8H2,1-5H3,(H,13,14). The minimum Gasteiger partial charge on any atom is -0.360 e. The molecule has 15 heavy (non-hydrogen) atoms. The number of thioether (sulfide) groups is 1. The van der Waals surface area contributed by atoms with Crippen molar-refractivity contribution >= 4 is 16.9 Å². The number of hydrogen-bond acceptors (Lipinski definition) is 3. The Kier molecular flexibility index (Phi) is 4.50. The Hall–Kier alpha value is -0.180. The van der Waals surface area contributed by atoms with E-state index in [0.717, 1.165) is 23.8 Å². The zero-order chi connectivity index (χ0) is 11.5. The summed E-state index contributed by atoms with van der Waals surface area (Å²) in [6.07, 6.45) is 2.30. The maximum atomic E-state index is 4.74. The summed E-state index contributed by atoms with van der Waals surface area (Å²) < 4.78 is 0. The summed E-state index contributed by atoms with van der Waals surface area (Å²) in [5.74, 6) is 1.80. The molecule has 1 rings (SSSR count). The van der Waals surface area contributed by atoms with E-state index >= 15 is 0 Å². The van der Waals surface area contributed by atoms with Crippen LogP contribution >= 0.6 is 11.8 Å². The quantitative estimate of drug-likeness (QED) is 0.798. The first-order valence-corrected chi connectivity index (χ1v) is 6.98. The molecule has 0 aromatic rings. The van der Waals surface area contributed by atoms with Crippen molar-refractivity contribution in [2.45, 2.75) is 59.0 Å². The molecule has 0 bridgehead atoms. The van der Waals surface area contributed by atoms with Gasteiger partial charge in [-0.05, 0) is 25.7 Å². The van der Waals surface area contributed by atoms with Gasteiger partial charge in [-0.15, -0.1) is 0 Å². The number of amidine groups is 1. The van der Waals surface area contributed by atoms with Crippen LogP contribution in [-0.4, -0.2) is 22.5 Å². The van der Waals surface area contributed by atoms with Crippen LogP contribution in [0.5, 0.6) is 0 Å². The largest absolute Gasteiger partial charge is 0.360 e. The third-order valence-electron chi connectivity index (χ3n) is 3.41. The molecular weight excluding hydrogens is 204 g/mol. The number of nitrogens with zero attached hydrogens (tertiary/aromatic N) is 1. The Bertz CT molecular complexity index is 232. The van der Waals surface area contributed by atoms with E-state index in [9.17, 15) is 0 Å². The molecule has 88 valence electrons. The first-order valence-electron chi connectivity index (χ1n) is 5.99. The molecule has 1 atom stereocenters. The summed E-state index contributed by atoms with van der Waals surface area (Å²) in [4.78, 5) is 4.74. The topological polar surface area (TPSA) is 24.4 Å². The predicted octanol–water partition coefficient (Wildman–Crippen LogP) is 3.28. The lowest BCUT2D eigenvalue weighted by Gasteiger charge is -2.28. The molecule has 1 aliphatic heterocycles. The maximum Gasteiger partial charge on any atom is 0.157 e. The van der Waals surface area contributed by atoms with Crippen molar-refractivity contribution in [3.63, 3.8) is 0 Å². The molecule has 1 unspecified atom stereocenters. The third kappa shape index (κ3) is 3.40. The number of nitrogens with one attached hydrogen (secondary N) is 1. The van der Waals surface area contributed by atoms with Gasteiger partial charge >= 0.3 is 0 Å². The van der Waals surface area contributed by atoms with Crippen molar-refractivity contribution in [1.29, 1.82) is 0 Å². The van der Waals surface area contributed by atoms with E-state index in [1.165, 1.54) is 0 Å². The van der Waals surface area contributed by atoms with E-state index in [0.29, 0.717) is 12.0 Å². The highest BCUT2D eigenvalue weighted by Gasteiger charge is 2.26. The highest BCUT2D eigenvalue weighted by atomic mass is 32.2. The lowest BCUT2D eigenvalue weighted by Crippen LogP contribution is -2.43. The molecule has 1 N–H and O–H groups in total. The second-order valence-electron chi connectivity index (χ2n) is 4.95. The molecule has 0 radical (unpaired) electrons. The van der Waals surface area contributed by atoms with Crippen LogP contribution in [0.25, 0.3) is 0 Å². The van der Waals surface area contributed by atoms with E-state index in [2.05, 4.69) is 39.9 Å². The van der Waals surface area contributed by atoms with Crippen molar-refractivity contribution in [3.05, 3.63) is 0 Å². The van der Waals surface area contributed by atoms with Gasteiger partial charge in [0.25, 0.3) is 0 Å². The zero-order valence-corrected chi connectivity index (χ0v) is 11.4. The van der Waals surface area contributed by atoms with Crippen LogP contribution in [0.3, 0.4) is 0 Å². The van der Waals surface area contributed by atoms with Gasteiger partial charge in [0.15, 0.2) is 5.17 Å². The van der Waals surface area contributed by atoms with Gasteiger partial charge in [0.1, 0.15) is 0 Å². The molecule has 1 aliphatic rings. The molecule has 1 heterocycles.